The first-order valence-electron chi connectivity index (χ1n) is 9.16. The number of aromatic amines is 1. The molecular weight excluding hydrogens is 346 g/mol. The second-order valence-corrected chi connectivity index (χ2v) is 6.84. The fourth-order valence-corrected chi connectivity index (χ4v) is 3.10. The van der Waals surface area contributed by atoms with Gasteiger partial charge in [-0.15, -0.1) is 0 Å². The average molecular weight is 367 g/mol. The number of anilines is 1. The number of imidazole rings is 1. The Balaban J connectivity index is 1.82. The first kappa shape index (κ1) is 17.7. The Kier molecular flexibility index (Phi) is 4.77. The van der Waals surface area contributed by atoms with E-state index >= 15 is 0 Å². The fraction of sp³-hybridized carbons (Fsp3) is 0.0833. The molecule has 0 bridgehead atoms. The van der Waals surface area contributed by atoms with Crippen LogP contribution < -0.4 is 4.90 Å². The van der Waals surface area contributed by atoms with Crippen molar-refractivity contribution in [1.29, 1.82) is 0 Å². The molecule has 0 aliphatic heterocycles. The molecule has 4 heteroatoms. The predicted molar refractivity (Wildman–Crippen MR) is 116 cm³/mol. The topological polar surface area (TPSA) is 49.0 Å². The lowest BCUT2D eigenvalue weighted by atomic mass is 10.0. The second kappa shape index (κ2) is 7.53. The number of allylic oxidation sites excluding steroid dienone is 1. The molecule has 4 nitrogen and oxygen atoms in total. The highest BCUT2D eigenvalue weighted by molar-refractivity contribution is 6.31. The number of carbonyl (C=O) groups is 1. The van der Waals surface area contributed by atoms with E-state index in [4.69, 9.17) is 0 Å². The van der Waals surface area contributed by atoms with Crippen molar-refractivity contribution < 1.29 is 4.79 Å². The van der Waals surface area contributed by atoms with Crippen molar-refractivity contribution in [2.45, 2.75) is 0 Å². The van der Waals surface area contributed by atoms with Crippen LogP contribution >= 0.6 is 0 Å². The summed E-state index contributed by atoms with van der Waals surface area (Å²) in [5.74, 6) is 0.517. The Hall–Kier alpha value is -3.66. The monoisotopic (exact) mass is 367 g/mol. The number of hydrogen-bond acceptors (Lipinski definition) is 3. The van der Waals surface area contributed by atoms with Gasteiger partial charge in [0.2, 0.25) is 0 Å². The van der Waals surface area contributed by atoms with Crippen molar-refractivity contribution in [3.8, 4) is 0 Å². The minimum atomic E-state index is -0.0589. The zero-order valence-corrected chi connectivity index (χ0v) is 15.9. The Morgan fingerprint density at radius 1 is 0.893 bits per heavy atom. The van der Waals surface area contributed by atoms with Gasteiger partial charge in [0, 0.05) is 25.3 Å². The molecule has 0 atom stereocenters. The van der Waals surface area contributed by atoms with Crippen molar-refractivity contribution in [2.75, 3.05) is 19.0 Å². The SMILES string of the molecule is CN(C)c1ccc(/C=C(/C(=O)c2ccccc2)c2nc3ccccc3[nH]2)cc1. The van der Waals surface area contributed by atoms with Gasteiger partial charge in [-0.2, -0.15) is 0 Å². The van der Waals surface area contributed by atoms with Gasteiger partial charge in [-0.1, -0.05) is 54.6 Å². The number of rotatable bonds is 5. The average Bonchev–Trinajstić information content (AvgIpc) is 3.16. The molecule has 0 fully saturated rings. The maximum Gasteiger partial charge on any atom is 0.196 e. The molecule has 1 N–H and O–H groups in total. The number of nitrogens with zero attached hydrogens (tertiary/aromatic N) is 2. The minimum absolute atomic E-state index is 0.0589. The third-order valence-corrected chi connectivity index (χ3v) is 4.65. The first-order chi connectivity index (χ1) is 13.6. The molecule has 1 heterocycles. The minimum Gasteiger partial charge on any atom is -0.378 e. The van der Waals surface area contributed by atoms with Crippen molar-refractivity contribution in [2.24, 2.45) is 0 Å². The van der Waals surface area contributed by atoms with Crippen LogP contribution in [0, 0.1) is 0 Å². The molecule has 0 spiro atoms. The summed E-state index contributed by atoms with van der Waals surface area (Å²) in [7, 11) is 4.01. The smallest absolute Gasteiger partial charge is 0.196 e. The molecule has 28 heavy (non-hydrogen) atoms. The van der Waals surface area contributed by atoms with Gasteiger partial charge in [0.25, 0.3) is 0 Å². The third-order valence-electron chi connectivity index (χ3n) is 4.65. The van der Waals surface area contributed by atoms with Crippen LogP contribution in [0.1, 0.15) is 21.7 Å². The van der Waals surface area contributed by atoms with E-state index in [9.17, 15) is 4.79 Å². The number of H-pyrrole nitrogens is 1. The maximum absolute atomic E-state index is 13.3. The molecule has 0 aliphatic rings. The molecule has 0 amide bonds. The molecule has 3 aromatic carbocycles. The first-order valence-corrected chi connectivity index (χ1v) is 9.16. The maximum atomic E-state index is 13.3. The van der Waals surface area contributed by atoms with Crippen molar-refractivity contribution >= 4 is 34.2 Å². The quantitative estimate of drug-likeness (QED) is 0.396. The summed E-state index contributed by atoms with van der Waals surface area (Å²) in [4.78, 5) is 23.2. The lowest BCUT2D eigenvalue weighted by Crippen LogP contribution is -2.08. The van der Waals surface area contributed by atoms with E-state index in [-0.39, 0.29) is 5.78 Å². The Bertz CT molecular complexity index is 1110. The van der Waals surface area contributed by atoms with E-state index < -0.39 is 0 Å². The molecule has 0 saturated carbocycles. The van der Waals surface area contributed by atoms with Crippen molar-refractivity contribution in [3.63, 3.8) is 0 Å². The van der Waals surface area contributed by atoms with Crippen LogP contribution in [-0.4, -0.2) is 29.8 Å². The van der Waals surface area contributed by atoms with Gasteiger partial charge in [0.05, 0.1) is 16.6 Å². The van der Waals surface area contributed by atoms with Gasteiger partial charge < -0.3 is 9.88 Å². The highest BCUT2D eigenvalue weighted by atomic mass is 16.1. The molecule has 4 aromatic rings. The summed E-state index contributed by atoms with van der Waals surface area (Å²) < 4.78 is 0. The number of Topliss-reactive ketones (excluding diaryl/α,β-unsaturated/α-hetero) is 1. The van der Waals surface area contributed by atoms with E-state index in [0.29, 0.717) is 17.0 Å². The normalized spacial score (nSPS) is 11.6. The van der Waals surface area contributed by atoms with Crippen LogP contribution in [0.3, 0.4) is 0 Å². The molecular formula is C24H21N3O. The number of fused-ring (bicyclic) bond motifs is 1. The predicted octanol–water partition coefficient (Wildman–Crippen LogP) is 5.05. The molecule has 0 radical (unpaired) electrons. The number of aromatic nitrogens is 2. The van der Waals surface area contributed by atoms with Gasteiger partial charge in [-0.25, -0.2) is 4.98 Å². The van der Waals surface area contributed by atoms with Gasteiger partial charge >= 0.3 is 0 Å². The van der Waals surface area contributed by atoms with Crippen LogP contribution in [0.2, 0.25) is 0 Å². The highest BCUT2D eigenvalue weighted by Gasteiger charge is 2.18. The van der Waals surface area contributed by atoms with Gasteiger partial charge in [-0.3, -0.25) is 4.79 Å². The van der Waals surface area contributed by atoms with E-state index in [1.807, 2.05) is 104 Å². The summed E-state index contributed by atoms with van der Waals surface area (Å²) in [6.07, 6.45) is 1.90. The van der Waals surface area contributed by atoms with E-state index in [1.54, 1.807) is 0 Å². The molecule has 0 aliphatic carbocycles. The zero-order chi connectivity index (χ0) is 19.5. The number of para-hydroxylation sites is 2. The number of carbonyl (C=O) groups excluding carboxylic acids is 1. The Morgan fingerprint density at radius 2 is 1.57 bits per heavy atom. The third kappa shape index (κ3) is 3.58. The van der Waals surface area contributed by atoms with Crippen LogP contribution in [0.5, 0.6) is 0 Å². The molecule has 1 aromatic heterocycles. The highest BCUT2D eigenvalue weighted by Crippen LogP contribution is 2.24. The van der Waals surface area contributed by atoms with E-state index in [1.165, 1.54) is 0 Å². The van der Waals surface area contributed by atoms with Gasteiger partial charge in [-0.05, 0) is 35.9 Å². The molecule has 0 unspecified atom stereocenters. The van der Waals surface area contributed by atoms with E-state index in [2.05, 4.69) is 9.97 Å². The molecule has 138 valence electrons. The second-order valence-electron chi connectivity index (χ2n) is 6.84. The lowest BCUT2D eigenvalue weighted by Gasteiger charge is -2.12. The molecule has 0 saturated heterocycles. The fourth-order valence-electron chi connectivity index (χ4n) is 3.10. The number of ketones is 1. The number of hydrogen-bond donors (Lipinski definition) is 1. The summed E-state index contributed by atoms with van der Waals surface area (Å²) in [5, 5.41) is 0. The van der Waals surface area contributed by atoms with Crippen molar-refractivity contribution in [3.05, 3.63) is 95.8 Å². The summed E-state index contributed by atoms with van der Waals surface area (Å²) in [5.41, 5.74) is 4.99. The van der Waals surface area contributed by atoms with E-state index in [0.717, 1.165) is 22.3 Å². The number of benzene rings is 3. The van der Waals surface area contributed by atoms with Crippen LogP contribution in [0.15, 0.2) is 78.9 Å². The Morgan fingerprint density at radius 3 is 2.25 bits per heavy atom. The van der Waals surface area contributed by atoms with Crippen LogP contribution in [0.4, 0.5) is 5.69 Å². The van der Waals surface area contributed by atoms with Gasteiger partial charge in [0.15, 0.2) is 5.78 Å². The Labute approximate surface area is 164 Å². The number of nitrogens with one attached hydrogen (secondary N) is 1. The summed E-state index contributed by atoms with van der Waals surface area (Å²) in [6, 6.07) is 25.2. The van der Waals surface area contributed by atoms with Crippen molar-refractivity contribution in [1.82, 2.24) is 9.97 Å². The summed E-state index contributed by atoms with van der Waals surface area (Å²) >= 11 is 0. The van der Waals surface area contributed by atoms with Crippen LogP contribution in [-0.2, 0) is 0 Å². The zero-order valence-electron chi connectivity index (χ0n) is 15.9. The van der Waals surface area contributed by atoms with Gasteiger partial charge in [0.1, 0.15) is 5.82 Å². The van der Waals surface area contributed by atoms with Crippen LogP contribution in [0.25, 0.3) is 22.7 Å². The molecule has 4 rings (SSSR count). The standard InChI is InChI=1S/C24H21N3O/c1-27(2)19-14-12-17(13-15-19)16-20(23(28)18-8-4-3-5-9-18)24-25-21-10-6-7-11-22(21)26-24/h3-16H,1-2H3,(H,25,26)/b20-16-. The lowest BCUT2D eigenvalue weighted by molar-refractivity contribution is 0.105. The largest absolute Gasteiger partial charge is 0.378 e. The summed E-state index contributed by atoms with van der Waals surface area (Å²) in [6.45, 7) is 0.